The number of alkyl halides is 3. The SMILES string of the molecule is COc1cc(CC(=O)O)ccc1OCC1=C(C)OC(c2ccc(C(F)(F)F)cc2)C1. The Kier molecular flexibility index (Phi) is 6.24. The minimum atomic E-state index is -4.37. The number of methoxy groups -OCH3 is 1. The van der Waals surface area contributed by atoms with E-state index in [-0.39, 0.29) is 19.1 Å². The smallest absolute Gasteiger partial charge is 0.416 e. The molecule has 2 aromatic rings. The van der Waals surface area contributed by atoms with Gasteiger partial charge in [-0.05, 0) is 42.3 Å². The lowest BCUT2D eigenvalue weighted by molar-refractivity contribution is -0.138. The molecule has 2 aromatic carbocycles. The molecule has 0 amide bonds. The molecule has 3 rings (SSSR count). The van der Waals surface area contributed by atoms with Gasteiger partial charge in [0.25, 0.3) is 0 Å². The van der Waals surface area contributed by atoms with Gasteiger partial charge >= 0.3 is 12.1 Å². The highest BCUT2D eigenvalue weighted by Gasteiger charge is 2.31. The fourth-order valence-electron chi connectivity index (χ4n) is 3.22. The largest absolute Gasteiger partial charge is 0.493 e. The first kappa shape index (κ1) is 21.5. The van der Waals surface area contributed by atoms with Crippen LogP contribution in [0.1, 0.15) is 36.1 Å². The number of benzene rings is 2. The van der Waals surface area contributed by atoms with Crippen LogP contribution >= 0.6 is 0 Å². The van der Waals surface area contributed by atoms with Crippen LogP contribution in [0.5, 0.6) is 11.5 Å². The summed E-state index contributed by atoms with van der Waals surface area (Å²) in [6, 6.07) is 9.86. The Morgan fingerprint density at radius 2 is 1.87 bits per heavy atom. The molecule has 0 spiro atoms. The van der Waals surface area contributed by atoms with Gasteiger partial charge in [-0.2, -0.15) is 13.2 Å². The molecule has 1 atom stereocenters. The third-order valence-corrected chi connectivity index (χ3v) is 4.84. The first-order chi connectivity index (χ1) is 14.2. The molecule has 0 saturated heterocycles. The highest BCUT2D eigenvalue weighted by molar-refractivity contribution is 5.70. The Balaban J connectivity index is 1.64. The highest BCUT2D eigenvalue weighted by atomic mass is 19.4. The van der Waals surface area contributed by atoms with Gasteiger partial charge in [-0.3, -0.25) is 4.79 Å². The molecule has 160 valence electrons. The van der Waals surface area contributed by atoms with E-state index in [4.69, 9.17) is 19.3 Å². The number of hydrogen-bond acceptors (Lipinski definition) is 4. The van der Waals surface area contributed by atoms with Crippen molar-refractivity contribution in [2.45, 2.75) is 32.0 Å². The third kappa shape index (κ3) is 5.06. The molecule has 8 heteroatoms. The number of ether oxygens (including phenoxy) is 3. The minimum absolute atomic E-state index is 0.121. The Hall–Kier alpha value is -3.16. The van der Waals surface area contributed by atoms with E-state index < -0.39 is 17.7 Å². The second kappa shape index (κ2) is 8.69. The van der Waals surface area contributed by atoms with Gasteiger partial charge in [0.05, 0.1) is 24.9 Å². The van der Waals surface area contributed by atoms with Gasteiger partial charge in [0.2, 0.25) is 0 Å². The van der Waals surface area contributed by atoms with Crippen molar-refractivity contribution < 1.29 is 37.3 Å². The van der Waals surface area contributed by atoms with Crippen LogP contribution in [0, 0.1) is 0 Å². The highest BCUT2D eigenvalue weighted by Crippen LogP contribution is 2.38. The second-order valence-corrected chi connectivity index (χ2v) is 6.93. The number of hydrogen-bond donors (Lipinski definition) is 1. The number of halogens is 3. The fourth-order valence-corrected chi connectivity index (χ4v) is 3.22. The van der Waals surface area contributed by atoms with E-state index in [0.29, 0.717) is 34.8 Å². The zero-order valence-electron chi connectivity index (χ0n) is 16.5. The lowest BCUT2D eigenvalue weighted by atomic mass is 10.0. The topological polar surface area (TPSA) is 65.0 Å². The third-order valence-electron chi connectivity index (χ3n) is 4.84. The molecule has 1 aliphatic heterocycles. The van der Waals surface area contributed by atoms with E-state index in [2.05, 4.69) is 0 Å². The van der Waals surface area contributed by atoms with Crippen molar-refractivity contribution in [3.63, 3.8) is 0 Å². The van der Waals surface area contributed by atoms with E-state index in [1.807, 2.05) is 0 Å². The maximum absolute atomic E-state index is 12.7. The quantitative estimate of drug-likeness (QED) is 0.668. The lowest BCUT2D eigenvalue weighted by Crippen LogP contribution is -2.06. The molecule has 0 fully saturated rings. The molecular weight excluding hydrogens is 401 g/mol. The molecule has 0 aliphatic carbocycles. The Morgan fingerprint density at radius 3 is 2.47 bits per heavy atom. The number of allylic oxidation sites excluding steroid dienone is 1. The van der Waals surface area contributed by atoms with Gasteiger partial charge in [0.1, 0.15) is 12.7 Å². The van der Waals surface area contributed by atoms with Gasteiger partial charge in [-0.1, -0.05) is 18.2 Å². The minimum Gasteiger partial charge on any atom is -0.493 e. The van der Waals surface area contributed by atoms with Crippen LogP contribution in [0.3, 0.4) is 0 Å². The van der Waals surface area contributed by atoms with Crippen LogP contribution in [-0.4, -0.2) is 24.8 Å². The van der Waals surface area contributed by atoms with Gasteiger partial charge < -0.3 is 19.3 Å². The summed E-state index contributed by atoms with van der Waals surface area (Å²) < 4.78 is 55.1. The van der Waals surface area contributed by atoms with Gasteiger partial charge in [-0.15, -0.1) is 0 Å². The number of aliphatic carboxylic acids is 1. The number of carbonyl (C=O) groups is 1. The van der Waals surface area contributed by atoms with E-state index in [1.54, 1.807) is 25.1 Å². The number of rotatable bonds is 7. The normalized spacial score (nSPS) is 16.4. The van der Waals surface area contributed by atoms with Crippen molar-refractivity contribution in [3.05, 3.63) is 70.5 Å². The average molecular weight is 422 g/mol. The molecule has 0 radical (unpaired) electrons. The van der Waals surface area contributed by atoms with Crippen molar-refractivity contribution in [3.8, 4) is 11.5 Å². The van der Waals surface area contributed by atoms with E-state index in [1.165, 1.54) is 19.2 Å². The fraction of sp³-hybridized carbons (Fsp3) is 0.318. The predicted molar refractivity (Wildman–Crippen MR) is 102 cm³/mol. The van der Waals surface area contributed by atoms with E-state index in [9.17, 15) is 18.0 Å². The zero-order chi connectivity index (χ0) is 21.9. The maximum atomic E-state index is 12.7. The molecule has 5 nitrogen and oxygen atoms in total. The van der Waals surface area contributed by atoms with Crippen molar-refractivity contribution in [2.75, 3.05) is 13.7 Å². The van der Waals surface area contributed by atoms with Crippen LogP contribution in [0.25, 0.3) is 0 Å². The maximum Gasteiger partial charge on any atom is 0.416 e. The molecule has 0 aromatic heterocycles. The summed E-state index contributed by atoms with van der Waals surface area (Å²) >= 11 is 0. The standard InChI is InChI=1S/C22H21F3O5/c1-13-16(11-19(30-13)15-4-6-17(7-5-15)22(23,24)25)12-29-18-8-3-14(10-21(26)27)9-20(18)28-2/h3-9,19H,10-12H2,1-2H3,(H,26,27). The second-order valence-electron chi connectivity index (χ2n) is 6.93. The lowest BCUT2D eigenvalue weighted by Gasteiger charge is -2.14. The summed E-state index contributed by atoms with van der Waals surface area (Å²) in [5.41, 5.74) is 1.44. The van der Waals surface area contributed by atoms with Crippen LogP contribution < -0.4 is 9.47 Å². The monoisotopic (exact) mass is 422 g/mol. The molecule has 0 bridgehead atoms. The first-order valence-corrected chi connectivity index (χ1v) is 9.21. The van der Waals surface area contributed by atoms with Gasteiger partial charge in [-0.25, -0.2) is 0 Å². The summed E-state index contributed by atoms with van der Waals surface area (Å²) in [6.07, 6.45) is -4.37. The van der Waals surface area contributed by atoms with Crippen molar-refractivity contribution in [1.29, 1.82) is 0 Å². The summed E-state index contributed by atoms with van der Waals surface area (Å²) in [5, 5.41) is 8.90. The van der Waals surface area contributed by atoms with Crippen LogP contribution in [0.15, 0.2) is 53.8 Å². The van der Waals surface area contributed by atoms with Crippen LogP contribution in [0.4, 0.5) is 13.2 Å². The Morgan fingerprint density at radius 1 is 1.17 bits per heavy atom. The van der Waals surface area contributed by atoms with Crippen molar-refractivity contribution in [2.24, 2.45) is 0 Å². The first-order valence-electron chi connectivity index (χ1n) is 9.21. The van der Waals surface area contributed by atoms with Crippen LogP contribution in [-0.2, 0) is 22.1 Å². The predicted octanol–water partition coefficient (Wildman–Crippen LogP) is 5.16. The molecule has 1 unspecified atom stereocenters. The summed E-state index contributed by atoms with van der Waals surface area (Å²) in [5.74, 6) is 0.611. The summed E-state index contributed by atoms with van der Waals surface area (Å²) in [7, 11) is 1.47. The molecule has 1 N–H and O–H groups in total. The number of carboxylic acid groups (broad SMARTS) is 1. The van der Waals surface area contributed by atoms with Crippen molar-refractivity contribution >= 4 is 5.97 Å². The van der Waals surface area contributed by atoms with E-state index >= 15 is 0 Å². The summed E-state index contributed by atoms with van der Waals surface area (Å²) in [6.45, 7) is 2.01. The van der Waals surface area contributed by atoms with Crippen molar-refractivity contribution in [1.82, 2.24) is 0 Å². The molecular formula is C22H21F3O5. The van der Waals surface area contributed by atoms with Crippen LogP contribution in [0.2, 0.25) is 0 Å². The van der Waals surface area contributed by atoms with Gasteiger partial charge in [0, 0.05) is 12.0 Å². The average Bonchev–Trinajstić information content (AvgIpc) is 3.06. The molecule has 1 heterocycles. The zero-order valence-corrected chi connectivity index (χ0v) is 16.5. The number of carboxylic acids is 1. The Labute approximate surface area is 171 Å². The summed E-state index contributed by atoms with van der Waals surface area (Å²) in [4.78, 5) is 10.9. The molecule has 30 heavy (non-hydrogen) atoms. The van der Waals surface area contributed by atoms with E-state index in [0.717, 1.165) is 17.7 Å². The molecule has 0 saturated carbocycles. The molecule has 1 aliphatic rings. The van der Waals surface area contributed by atoms with Gasteiger partial charge in [0.15, 0.2) is 11.5 Å². The Bertz CT molecular complexity index is 948.